The molecular formula is C22H33N3O4. The molecular weight excluding hydrogens is 370 g/mol. The van der Waals surface area contributed by atoms with Crippen LogP contribution in [0.4, 0.5) is 0 Å². The maximum atomic E-state index is 13.5. The van der Waals surface area contributed by atoms with Gasteiger partial charge in [0.25, 0.3) is 0 Å². The number of nitrogens with one attached hydrogen (secondary N) is 1. The molecule has 2 heterocycles. The highest BCUT2D eigenvalue weighted by Crippen LogP contribution is 2.37. The molecule has 0 aromatic carbocycles. The summed E-state index contributed by atoms with van der Waals surface area (Å²) in [4.78, 5) is 54.3. The zero-order valence-corrected chi connectivity index (χ0v) is 17.7. The van der Waals surface area contributed by atoms with Crippen LogP contribution in [0.5, 0.6) is 0 Å². The molecule has 0 aromatic rings. The van der Waals surface area contributed by atoms with Crippen molar-refractivity contribution in [3.05, 3.63) is 12.2 Å². The molecule has 160 valence electrons. The van der Waals surface area contributed by atoms with E-state index in [4.69, 9.17) is 0 Å². The molecule has 2 saturated heterocycles. The molecule has 0 bridgehead atoms. The Morgan fingerprint density at radius 2 is 1.76 bits per heavy atom. The van der Waals surface area contributed by atoms with Gasteiger partial charge in [0.15, 0.2) is 0 Å². The standard InChI is InChI=1S/C22H33N3O4/c1-4-19(26)23-15-8-7-11-24(13-15)22(29)18(12-14(2)3)25-20(27)16-9-5-6-10-17(16)21(25)28/h5-6,14-18H,4,7-13H2,1-3H3,(H,23,26). The summed E-state index contributed by atoms with van der Waals surface area (Å²) in [6, 6.07) is -0.821. The molecule has 3 rings (SSSR count). The molecule has 1 aliphatic carbocycles. The lowest BCUT2D eigenvalue weighted by Crippen LogP contribution is -2.56. The number of rotatable bonds is 6. The van der Waals surface area contributed by atoms with Gasteiger partial charge in [-0.1, -0.05) is 32.9 Å². The minimum absolute atomic E-state index is 0.0236. The molecule has 2 aliphatic heterocycles. The molecule has 1 N–H and O–H groups in total. The zero-order valence-electron chi connectivity index (χ0n) is 17.7. The van der Waals surface area contributed by atoms with Crippen molar-refractivity contribution in [2.45, 2.75) is 71.4 Å². The van der Waals surface area contributed by atoms with Gasteiger partial charge in [-0.05, 0) is 38.0 Å². The molecule has 0 spiro atoms. The molecule has 7 nitrogen and oxygen atoms in total. The van der Waals surface area contributed by atoms with E-state index in [2.05, 4.69) is 5.32 Å². The van der Waals surface area contributed by atoms with E-state index >= 15 is 0 Å². The molecule has 4 amide bonds. The maximum absolute atomic E-state index is 13.5. The Morgan fingerprint density at radius 1 is 1.14 bits per heavy atom. The molecule has 2 fully saturated rings. The fourth-order valence-electron chi connectivity index (χ4n) is 4.73. The maximum Gasteiger partial charge on any atom is 0.245 e. The van der Waals surface area contributed by atoms with Crippen LogP contribution in [0.1, 0.15) is 59.3 Å². The van der Waals surface area contributed by atoms with Gasteiger partial charge in [0.1, 0.15) is 6.04 Å². The van der Waals surface area contributed by atoms with Crippen molar-refractivity contribution in [2.75, 3.05) is 13.1 Å². The van der Waals surface area contributed by atoms with Crippen molar-refractivity contribution in [1.82, 2.24) is 15.1 Å². The molecule has 0 saturated carbocycles. The van der Waals surface area contributed by atoms with Gasteiger partial charge in [0.2, 0.25) is 23.6 Å². The van der Waals surface area contributed by atoms with Crippen molar-refractivity contribution in [3.63, 3.8) is 0 Å². The summed E-state index contributed by atoms with van der Waals surface area (Å²) in [5.41, 5.74) is 0. The number of piperidine rings is 1. The van der Waals surface area contributed by atoms with Gasteiger partial charge < -0.3 is 10.2 Å². The first kappa shape index (κ1) is 21.5. The lowest BCUT2D eigenvalue weighted by molar-refractivity contribution is -0.153. The summed E-state index contributed by atoms with van der Waals surface area (Å²) in [5.74, 6) is -1.06. The number of nitrogens with zero attached hydrogens (tertiary/aromatic N) is 2. The normalized spacial score (nSPS) is 27.9. The third kappa shape index (κ3) is 4.54. The molecule has 0 aromatic heterocycles. The molecule has 0 radical (unpaired) electrons. The number of carbonyl (C=O) groups excluding carboxylic acids is 4. The molecule has 29 heavy (non-hydrogen) atoms. The molecule has 4 atom stereocenters. The van der Waals surface area contributed by atoms with Gasteiger partial charge in [-0.15, -0.1) is 0 Å². The number of hydrogen-bond acceptors (Lipinski definition) is 4. The fraction of sp³-hybridized carbons (Fsp3) is 0.727. The summed E-state index contributed by atoms with van der Waals surface area (Å²) >= 11 is 0. The minimum Gasteiger partial charge on any atom is -0.352 e. The highest BCUT2D eigenvalue weighted by Gasteiger charge is 2.51. The third-order valence-corrected chi connectivity index (χ3v) is 6.25. The first-order chi connectivity index (χ1) is 13.8. The average Bonchev–Trinajstić information content (AvgIpc) is 2.96. The number of hydrogen-bond donors (Lipinski definition) is 1. The molecule has 7 heteroatoms. The van der Waals surface area contributed by atoms with Crippen LogP contribution in [-0.4, -0.2) is 58.6 Å². The molecule has 3 aliphatic rings. The Hall–Kier alpha value is -2.18. The van der Waals surface area contributed by atoms with Crippen LogP contribution in [0.3, 0.4) is 0 Å². The number of fused-ring (bicyclic) bond motifs is 1. The van der Waals surface area contributed by atoms with Crippen molar-refractivity contribution >= 4 is 23.6 Å². The van der Waals surface area contributed by atoms with E-state index in [-0.39, 0.29) is 47.4 Å². The predicted octanol–water partition coefficient (Wildman–Crippen LogP) is 1.87. The van der Waals surface area contributed by atoms with Crippen LogP contribution in [0.25, 0.3) is 0 Å². The second kappa shape index (κ2) is 9.09. The summed E-state index contributed by atoms with van der Waals surface area (Å²) in [5, 5.41) is 2.97. The Kier molecular flexibility index (Phi) is 6.75. The van der Waals surface area contributed by atoms with Crippen molar-refractivity contribution in [1.29, 1.82) is 0 Å². The van der Waals surface area contributed by atoms with Crippen LogP contribution in [0.15, 0.2) is 12.2 Å². The first-order valence-electron chi connectivity index (χ1n) is 10.9. The van der Waals surface area contributed by atoms with E-state index in [1.807, 2.05) is 26.0 Å². The van der Waals surface area contributed by atoms with E-state index in [0.717, 1.165) is 12.8 Å². The smallest absolute Gasteiger partial charge is 0.245 e. The summed E-state index contributed by atoms with van der Waals surface area (Å²) in [6.45, 7) is 6.83. The van der Waals surface area contributed by atoms with E-state index in [9.17, 15) is 19.2 Å². The Bertz CT molecular complexity index is 676. The second-order valence-corrected chi connectivity index (χ2v) is 8.89. The van der Waals surface area contributed by atoms with Crippen LogP contribution >= 0.6 is 0 Å². The van der Waals surface area contributed by atoms with Crippen LogP contribution in [0, 0.1) is 17.8 Å². The Labute approximate surface area is 172 Å². The molecule has 4 unspecified atom stereocenters. The summed E-state index contributed by atoms with van der Waals surface area (Å²) in [7, 11) is 0. The third-order valence-electron chi connectivity index (χ3n) is 6.25. The lowest BCUT2D eigenvalue weighted by atomic mass is 9.85. The number of likely N-dealkylation sites (tertiary alicyclic amines) is 2. The van der Waals surface area contributed by atoms with Crippen molar-refractivity contribution < 1.29 is 19.2 Å². The van der Waals surface area contributed by atoms with Gasteiger partial charge >= 0.3 is 0 Å². The van der Waals surface area contributed by atoms with Gasteiger partial charge in [-0.25, -0.2) is 0 Å². The lowest BCUT2D eigenvalue weighted by Gasteiger charge is -2.37. The highest BCUT2D eigenvalue weighted by molar-refractivity contribution is 6.08. The quantitative estimate of drug-likeness (QED) is 0.542. The Morgan fingerprint density at radius 3 is 2.31 bits per heavy atom. The van der Waals surface area contributed by atoms with Crippen LogP contribution < -0.4 is 5.32 Å². The zero-order chi connectivity index (χ0) is 21.1. The Balaban J connectivity index is 1.78. The number of allylic oxidation sites excluding steroid dienone is 2. The number of imide groups is 1. The predicted molar refractivity (Wildman–Crippen MR) is 108 cm³/mol. The van der Waals surface area contributed by atoms with Gasteiger partial charge in [-0.3, -0.25) is 24.1 Å². The second-order valence-electron chi connectivity index (χ2n) is 8.89. The van der Waals surface area contributed by atoms with Gasteiger partial charge in [0.05, 0.1) is 11.8 Å². The number of carbonyl (C=O) groups is 4. The first-order valence-corrected chi connectivity index (χ1v) is 10.9. The van der Waals surface area contributed by atoms with E-state index in [0.29, 0.717) is 38.8 Å². The van der Waals surface area contributed by atoms with Crippen molar-refractivity contribution in [3.8, 4) is 0 Å². The minimum atomic E-state index is -0.749. The van der Waals surface area contributed by atoms with Gasteiger partial charge in [-0.2, -0.15) is 0 Å². The largest absolute Gasteiger partial charge is 0.352 e. The average molecular weight is 404 g/mol. The highest BCUT2D eigenvalue weighted by atomic mass is 16.2. The van der Waals surface area contributed by atoms with Crippen LogP contribution in [0.2, 0.25) is 0 Å². The fourth-order valence-corrected chi connectivity index (χ4v) is 4.73. The monoisotopic (exact) mass is 403 g/mol. The van der Waals surface area contributed by atoms with E-state index < -0.39 is 6.04 Å². The topological polar surface area (TPSA) is 86.8 Å². The number of amides is 4. The van der Waals surface area contributed by atoms with E-state index in [1.165, 1.54) is 4.90 Å². The van der Waals surface area contributed by atoms with E-state index in [1.54, 1.807) is 11.8 Å². The SMILES string of the molecule is CCC(=O)NC1CCCN(C(=O)C(CC(C)C)N2C(=O)C3CC=CCC3C2=O)C1. The summed E-state index contributed by atoms with van der Waals surface area (Å²) < 4.78 is 0. The summed E-state index contributed by atoms with van der Waals surface area (Å²) in [6.07, 6.45) is 7.57. The van der Waals surface area contributed by atoms with Crippen LogP contribution in [-0.2, 0) is 19.2 Å². The van der Waals surface area contributed by atoms with Crippen molar-refractivity contribution in [2.24, 2.45) is 17.8 Å². The van der Waals surface area contributed by atoms with Gasteiger partial charge in [0, 0.05) is 25.6 Å².